The first-order valence-corrected chi connectivity index (χ1v) is 9.63. The van der Waals surface area contributed by atoms with Gasteiger partial charge in [-0.3, -0.25) is 19.3 Å². The van der Waals surface area contributed by atoms with Crippen molar-refractivity contribution in [1.82, 2.24) is 24.7 Å². The van der Waals surface area contributed by atoms with Crippen LogP contribution in [0.15, 0.2) is 6.33 Å². The van der Waals surface area contributed by atoms with Crippen LogP contribution < -0.4 is 5.32 Å². The highest BCUT2D eigenvalue weighted by molar-refractivity contribution is 5.75. The van der Waals surface area contributed by atoms with Crippen LogP contribution in [0.25, 0.3) is 0 Å². The molecule has 29 heavy (non-hydrogen) atoms. The molecule has 0 aliphatic carbocycles. The molecule has 0 radical (unpaired) electrons. The van der Waals surface area contributed by atoms with E-state index in [0.29, 0.717) is 19.0 Å². The third-order valence-electron chi connectivity index (χ3n) is 4.97. The maximum atomic E-state index is 12.0. The fourth-order valence-corrected chi connectivity index (χ4v) is 2.96. The number of hydrogen-bond acceptors (Lipinski definition) is 6. The Bertz CT molecular complexity index is 594. The van der Waals surface area contributed by atoms with Crippen LogP contribution in [-0.2, 0) is 20.9 Å². The van der Waals surface area contributed by atoms with Gasteiger partial charge in [-0.05, 0) is 34.2 Å². The van der Waals surface area contributed by atoms with Crippen LogP contribution in [0.5, 0.6) is 0 Å². The molecule has 1 saturated heterocycles. The van der Waals surface area contributed by atoms with Crippen LogP contribution in [-0.4, -0.2) is 94.2 Å². The minimum absolute atomic E-state index is 0.153. The molecule has 166 valence electrons. The molecule has 1 fully saturated rings. The first kappa shape index (κ1) is 26.5. The monoisotopic (exact) mass is 413 g/mol. The van der Waals surface area contributed by atoms with E-state index in [9.17, 15) is 4.79 Å². The van der Waals surface area contributed by atoms with Gasteiger partial charge in [-0.15, -0.1) is 0 Å². The van der Waals surface area contributed by atoms with E-state index in [2.05, 4.69) is 45.6 Å². The maximum absolute atomic E-state index is 12.0. The van der Waals surface area contributed by atoms with Gasteiger partial charge in [0.05, 0.1) is 12.0 Å². The van der Waals surface area contributed by atoms with Crippen molar-refractivity contribution >= 4 is 18.9 Å². The van der Waals surface area contributed by atoms with Gasteiger partial charge in [0.15, 0.2) is 0 Å². The second kappa shape index (κ2) is 15.5. The number of carboxylic acid groups (broad SMARTS) is 2. The molecule has 0 spiro atoms. The molecule has 1 aromatic rings. The zero-order valence-electron chi connectivity index (χ0n) is 17.9. The van der Waals surface area contributed by atoms with Crippen LogP contribution in [0, 0.1) is 13.8 Å². The van der Waals surface area contributed by atoms with E-state index in [1.165, 1.54) is 5.69 Å². The summed E-state index contributed by atoms with van der Waals surface area (Å²) in [5.41, 5.74) is 2.22. The number of aryl methyl sites for hydroxylation is 1. The molecule has 1 amide bonds. The summed E-state index contributed by atoms with van der Waals surface area (Å²) < 4.78 is 2.09. The fraction of sp³-hybridized carbons (Fsp3) is 0.684. The lowest BCUT2D eigenvalue weighted by molar-refractivity contribution is -0.123. The molecule has 0 bridgehead atoms. The standard InChI is InChI=1S/C17H31N5O.2CH2O2/c1-14(21-11-9-20(4)10-12-21)5-6-17(23)18-7-8-22-13-19-15(2)16(22)3;2*2-1-3/h13-14H,5-12H2,1-4H3,(H,18,23);2*1H,(H,2,3). The number of imidazole rings is 1. The summed E-state index contributed by atoms with van der Waals surface area (Å²) in [4.78, 5) is 37.8. The van der Waals surface area contributed by atoms with Crippen molar-refractivity contribution in [2.75, 3.05) is 39.8 Å². The van der Waals surface area contributed by atoms with Gasteiger partial charge in [0, 0.05) is 57.4 Å². The third kappa shape index (κ3) is 11.2. The minimum atomic E-state index is -0.250. The fourth-order valence-electron chi connectivity index (χ4n) is 2.96. The highest BCUT2D eigenvalue weighted by atomic mass is 16.3. The predicted octanol–water partition coefficient (Wildman–Crippen LogP) is 0.434. The molecule has 1 atom stereocenters. The molecule has 1 aliphatic rings. The Morgan fingerprint density at radius 3 is 2.24 bits per heavy atom. The Morgan fingerprint density at radius 1 is 1.21 bits per heavy atom. The normalized spacial score (nSPS) is 15.2. The number of nitrogens with one attached hydrogen (secondary N) is 1. The molecule has 2 heterocycles. The molecule has 0 saturated carbocycles. The van der Waals surface area contributed by atoms with Gasteiger partial charge >= 0.3 is 0 Å². The van der Waals surface area contributed by atoms with Crippen LogP contribution in [0.2, 0.25) is 0 Å². The van der Waals surface area contributed by atoms with Gasteiger partial charge in [0.2, 0.25) is 5.91 Å². The van der Waals surface area contributed by atoms with Gasteiger partial charge in [-0.2, -0.15) is 0 Å². The second-order valence-corrected chi connectivity index (χ2v) is 6.90. The van der Waals surface area contributed by atoms with Crippen molar-refractivity contribution in [3.63, 3.8) is 0 Å². The van der Waals surface area contributed by atoms with E-state index in [4.69, 9.17) is 19.8 Å². The maximum Gasteiger partial charge on any atom is 0.290 e. The molecule has 3 N–H and O–H groups in total. The minimum Gasteiger partial charge on any atom is -0.483 e. The Balaban J connectivity index is 0.00000116. The summed E-state index contributed by atoms with van der Waals surface area (Å²) >= 11 is 0. The van der Waals surface area contributed by atoms with Crippen molar-refractivity contribution in [2.45, 2.75) is 46.2 Å². The molecule has 0 aromatic carbocycles. The van der Waals surface area contributed by atoms with Crippen LogP contribution in [0.1, 0.15) is 31.2 Å². The van der Waals surface area contributed by atoms with Crippen molar-refractivity contribution < 1.29 is 24.6 Å². The Kier molecular flexibility index (Phi) is 14.1. The van der Waals surface area contributed by atoms with Gasteiger partial charge in [0.25, 0.3) is 12.9 Å². The average Bonchev–Trinajstić information content (AvgIpc) is 3.00. The number of amides is 1. The Morgan fingerprint density at radius 2 is 1.76 bits per heavy atom. The predicted molar refractivity (Wildman–Crippen MR) is 110 cm³/mol. The zero-order chi connectivity index (χ0) is 22.2. The SMILES string of the molecule is Cc1ncn(CCNC(=O)CCC(C)N2CCN(C)CC2)c1C.O=CO.O=CO. The molecular weight excluding hydrogens is 378 g/mol. The Labute approximate surface area is 172 Å². The quantitative estimate of drug-likeness (QED) is 0.549. The molecule has 2 rings (SSSR count). The molecule has 1 unspecified atom stereocenters. The van der Waals surface area contributed by atoms with Crippen LogP contribution in [0.4, 0.5) is 0 Å². The molecule has 1 aliphatic heterocycles. The average molecular weight is 414 g/mol. The highest BCUT2D eigenvalue weighted by Crippen LogP contribution is 2.10. The third-order valence-corrected chi connectivity index (χ3v) is 4.97. The van der Waals surface area contributed by atoms with Crippen molar-refractivity contribution in [3.05, 3.63) is 17.7 Å². The number of piperazine rings is 1. The van der Waals surface area contributed by atoms with Crippen molar-refractivity contribution in [3.8, 4) is 0 Å². The lowest BCUT2D eigenvalue weighted by Crippen LogP contribution is -2.48. The Hall–Kier alpha value is -2.46. The topological polar surface area (TPSA) is 128 Å². The smallest absolute Gasteiger partial charge is 0.290 e. The summed E-state index contributed by atoms with van der Waals surface area (Å²) in [6.45, 7) is 11.7. The molecular formula is C19H35N5O5. The number of carbonyl (C=O) groups excluding carboxylic acids is 1. The molecule has 10 nitrogen and oxygen atoms in total. The summed E-state index contributed by atoms with van der Waals surface area (Å²) in [6, 6.07) is 0.480. The second-order valence-electron chi connectivity index (χ2n) is 6.90. The van der Waals surface area contributed by atoms with E-state index in [1.54, 1.807) is 0 Å². The van der Waals surface area contributed by atoms with E-state index in [1.807, 2.05) is 13.3 Å². The van der Waals surface area contributed by atoms with Crippen LogP contribution >= 0.6 is 0 Å². The molecule has 10 heteroatoms. The number of aromatic nitrogens is 2. The van der Waals surface area contributed by atoms with Crippen LogP contribution in [0.3, 0.4) is 0 Å². The number of hydrogen-bond donors (Lipinski definition) is 3. The molecule has 1 aromatic heterocycles. The van der Waals surface area contributed by atoms with Crippen molar-refractivity contribution in [1.29, 1.82) is 0 Å². The largest absolute Gasteiger partial charge is 0.483 e. The van der Waals surface area contributed by atoms with Gasteiger partial charge in [-0.25, -0.2) is 4.98 Å². The summed E-state index contributed by atoms with van der Waals surface area (Å²) in [5.74, 6) is 0.153. The summed E-state index contributed by atoms with van der Waals surface area (Å²) in [6.07, 6.45) is 3.38. The number of rotatable bonds is 7. The summed E-state index contributed by atoms with van der Waals surface area (Å²) in [5, 5.41) is 16.8. The van der Waals surface area contributed by atoms with Gasteiger partial charge in [0.1, 0.15) is 0 Å². The first-order chi connectivity index (χ1) is 13.8. The highest BCUT2D eigenvalue weighted by Gasteiger charge is 2.19. The van der Waals surface area contributed by atoms with Gasteiger partial charge in [-0.1, -0.05) is 0 Å². The van der Waals surface area contributed by atoms with E-state index in [0.717, 1.165) is 44.8 Å². The lowest BCUT2D eigenvalue weighted by Gasteiger charge is -2.36. The van der Waals surface area contributed by atoms with Gasteiger partial charge < -0.3 is 25.0 Å². The number of likely N-dealkylation sites (N-methyl/N-ethyl adjacent to an activating group) is 1. The lowest BCUT2D eigenvalue weighted by atomic mass is 10.1. The van der Waals surface area contributed by atoms with E-state index in [-0.39, 0.29) is 18.9 Å². The van der Waals surface area contributed by atoms with E-state index >= 15 is 0 Å². The zero-order valence-corrected chi connectivity index (χ0v) is 17.9. The summed E-state index contributed by atoms with van der Waals surface area (Å²) in [7, 11) is 2.17. The van der Waals surface area contributed by atoms with Crippen molar-refractivity contribution in [2.24, 2.45) is 0 Å². The number of carbonyl (C=O) groups is 3. The number of nitrogens with zero attached hydrogens (tertiary/aromatic N) is 4. The first-order valence-electron chi connectivity index (χ1n) is 9.63. The van der Waals surface area contributed by atoms with E-state index < -0.39 is 0 Å².